The SMILES string of the molecule is CO/C=C(/C(=O)OC)c1ccc(C)n1Cc1ccccc1. The molecule has 1 aromatic heterocycles. The first-order valence-corrected chi connectivity index (χ1v) is 6.69. The summed E-state index contributed by atoms with van der Waals surface area (Å²) in [5.41, 5.74) is 3.42. The number of ether oxygens (including phenoxy) is 2. The van der Waals surface area contributed by atoms with Crippen molar-refractivity contribution in [2.45, 2.75) is 13.5 Å². The van der Waals surface area contributed by atoms with Gasteiger partial charge in [0.2, 0.25) is 0 Å². The molecule has 4 heteroatoms. The molecule has 0 bridgehead atoms. The maximum atomic E-state index is 11.9. The van der Waals surface area contributed by atoms with Gasteiger partial charge in [-0.3, -0.25) is 0 Å². The minimum Gasteiger partial charge on any atom is -0.503 e. The highest BCUT2D eigenvalue weighted by molar-refractivity contribution is 6.15. The number of aromatic nitrogens is 1. The van der Waals surface area contributed by atoms with Crippen LogP contribution in [0.5, 0.6) is 0 Å². The van der Waals surface area contributed by atoms with Crippen LogP contribution in [-0.2, 0) is 20.8 Å². The highest BCUT2D eigenvalue weighted by atomic mass is 16.5. The van der Waals surface area contributed by atoms with Crippen LogP contribution in [0.4, 0.5) is 0 Å². The number of hydrogen-bond donors (Lipinski definition) is 0. The predicted molar refractivity (Wildman–Crippen MR) is 81.7 cm³/mol. The van der Waals surface area contributed by atoms with Crippen LogP contribution in [-0.4, -0.2) is 24.8 Å². The van der Waals surface area contributed by atoms with Crippen LogP contribution in [0.2, 0.25) is 0 Å². The Bertz CT molecular complexity index is 641. The van der Waals surface area contributed by atoms with Crippen molar-refractivity contribution >= 4 is 11.5 Å². The second-order valence-corrected chi connectivity index (χ2v) is 4.69. The van der Waals surface area contributed by atoms with Gasteiger partial charge in [-0.1, -0.05) is 30.3 Å². The van der Waals surface area contributed by atoms with Gasteiger partial charge in [0.05, 0.1) is 26.2 Å². The van der Waals surface area contributed by atoms with Crippen LogP contribution in [0.3, 0.4) is 0 Å². The third-order valence-corrected chi connectivity index (χ3v) is 3.30. The Morgan fingerprint density at radius 2 is 1.86 bits per heavy atom. The Labute approximate surface area is 124 Å². The van der Waals surface area contributed by atoms with Gasteiger partial charge < -0.3 is 14.0 Å². The molecule has 0 atom stereocenters. The standard InChI is InChI=1S/C17H19NO3/c1-13-9-10-16(15(12-20-2)17(19)21-3)18(13)11-14-7-5-4-6-8-14/h4-10,12H,11H2,1-3H3/b15-12+. The number of carbonyl (C=O) groups excluding carboxylic acids is 1. The van der Waals surface area contributed by atoms with Crippen LogP contribution in [0.1, 0.15) is 17.0 Å². The van der Waals surface area contributed by atoms with E-state index in [0.29, 0.717) is 12.1 Å². The average molecular weight is 285 g/mol. The Morgan fingerprint density at radius 1 is 1.14 bits per heavy atom. The number of benzene rings is 1. The fraction of sp³-hybridized carbons (Fsp3) is 0.235. The van der Waals surface area contributed by atoms with Crippen molar-refractivity contribution in [1.82, 2.24) is 4.57 Å². The third-order valence-electron chi connectivity index (χ3n) is 3.30. The van der Waals surface area contributed by atoms with Gasteiger partial charge in [0.25, 0.3) is 0 Å². The maximum Gasteiger partial charge on any atom is 0.343 e. The molecule has 0 spiro atoms. The van der Waals surface area contributed by atoms with Crippen molar-refractivity contribution in [2.24, 2.45) is 0 Å². The Kier molecular flexibility index (Phi) is 4.82. The predicted octanol–water partition coefficient (Wildman–Crippen LogP) is 3.01. The molecule has 0 fully saturated rings. The van der Waals surface area contributed by atoms with Gasteiger partial charge in [0, 0.05) is 12.2 Å². The summed E-state index contributed by atoms with van der Waals surface area (Å²) in [6, 6.07) is 14.0. The lowest BCUT2D eigenvalue weighted by atomic mass is 10.2. The largest absolute Gasteiger partial charge is 0.503 e. The maximum absolute atomic E-state index is 11.9. The molecular weight excluding hydrogens is 266 g/mol. The van der Waals surface area contributed by atoms with Crippen LogP contribution < -0.4 is 0 Å². The van der Waals surface area contributed by atoms with Crippen LogP contribution in [0, 0.1) is 6.92 Å². The van der Waals surface area contributed by atoms with E-state index in [-0.39, 0.29) is 0 Å². The molecule has 1 heterocycles. The first-order valence-electron chi connectivity index (χ1n) is 6.69. The summed E-state index contributed by atoms with van der Waals surface area (Å²) in [5, 5.41) is 0. The summed E-state index contributed by atoms with van der Waals surface area (Å²) >= 11 is 0. The van der Waals surface area contributed by atoms with Crippen molar-refractivity contribution in [2.75, 3.05) is 14.2 Å². The van der Waals surface area contributed by atoms with E-state index >= 15 is 0 Å². The Morgan fingerprint density at radius 3 is 2.48 bits per heavy atom. The number of rotatable bonds is 5. The molecule has 0 aliphatic carbocycles. The number of esters is 1. The van der Waals surface area contributed by atoms with E-state index < -0.39 is 5.97 Å². The lowest BCUT2D eigenvalue weighted by molar-refractivity contribution is -0.133. The zero-order valence-electron chi connectivity index (χ0n) is 12.5. The first-order chi connectivity index (χ1) is 10.2. The van der Waals surface area contributed by atoms with Gasteiger partial charge in [-0.2, -0.15) is 0 Å². The average Bonchev–Trinajstić information content (AvgIpc) is 2.86. The van der Waals surface area contributed by atoms with E-state index in [1.165, 1.54) is 26.0 Å². The molecule has 0 saturated carbocycles. The van der Waals surface area contributed by atoms with Crippen LogP contribution >= 0.6 is 0 Å². The zero-order chi connectivity index (χ0) is 15.2. The number of methoxy groups -OCH3 is 2. The second kappa shape index (κ2) is 6.79. The lowest BCUT2D eigenvalue weighted by Crippen LogP contribution is -2.11. The number of carbonyl (C=O) groups is 1. The molecule has 2 aromatic rings. The third kappa shape index (κ3) is 3.34. The Hall–Kier alpha value is -2.49. The molecule has 0 amide bonds. The normalized spacial score (nSPS) is 11.3. The summed E-state index contributed by atoms with van der Waals surface area (Å²) in [7, 11) is 2.88. The molecule has 0 aliphatic heterocycles. The van der Waals surface area contributed by atoms with Crippen LogP contribution in [0.15, 0.2) is 48.7 Å². The molecule has 21 heavy (non-hydrogen) atoms. The molecule has 0 N–H and O–H groups in total. The molecular formula is C17H19NO3. The van der Waals surface area contributed by atoms with Gasteiger partial charge in [-0.25, -0.2) is 4.79 Å². The van der Waals surface area contributed by atoms with Crippen molar-refractivity contribution < 1.29 is 14.3 Å². The minimum atomic E-state index is -0.413. The summed E-state index contributed by atoms with van der Waals surface area (Å²) in [6.45, 7) is 2.70. The van der Waals surface area contributed by atoms with Crippen molar-refractivity contribution in [1.29, 1.82) is 0 Å². The summed E-state index contributed by atoms with van der Waals surface area (Å²) in [4.78, 5) is 11.9. The van der Waals surface area contributed by atoms with Gasteiger partial charge >= 0.3 is 5.97 Å². The van der Waals surface area contributed by atoms with E-state index in [0.717, 1.165) is 11.4 Å². The molecule has 0 unspecified atom stereocenters. The topological polar surface area (TPSA) is 40.5 Å². The molecule has 0 radical (unpaired) electrons. The first kappa shape index (κ1) is 14.9. The summed E-state index contributed by atoms with van der Waals surface area (Å²) < 4.78 is 11.9. The van der Waals surface area contributed by atoms with E-state index in [1.807, 2.05) is 37.3 Å². The molecule has 1 aromatic carbocycles. The summed E-state index contributed by atoms with van der Waals surface area (Å²) in [5.74, 6) is -0.413. The fourth-order valence-corrected chi connectivity index (χ4v) is 2.22. The Balaban J connectivity index is 2.41. The smallest absolute Gasteiger partial charge is 0.343 e. The van der Waals surface area contributed by atoms with Crippen molar-refractivity contribution in [3.8, 4) is 0 Å². The molecule has 2 rings (SSSR count). The van der Waals surface area contributed by atoms with Crippen molar-refractivity contribution in [3.63, 3.8) is 0 Å². The number of hydrogen-bond acceptors (Lipinski definition) is 3. The quantitative estimate of drug-likeness (QED) is 0.482. The summed E-state index contributed by atoms with van der Waals surface area (Å²) in [6.07, 6.45) is 1.42. The van der Waals surface area contributed by atoms with E-state index in [9.17, 15) is 4.79 Å². The molecule has 110 valence electrons. The minimum absolute atomic E-state index is 0.407. The van der Waals surface area contributed by atoms with E-state index in [1.54, 1.807) is 0 Å². The van der Waals surface area contributed by atoms with E-state index in [2.05, 4.69) is 16.7 Å². The van der Waals surface area contributed by atoms with Gasteiger partial charge in [-0.05, 0) is 24.6 Å². The highest BCUT2D eigenvalue weighted by Gasteiger charge is 2.18. The number of aryl methyl sites for hydroxylation is 1. The molecule has 4 nitrogen and oxygen atoms in total. The van der Waals surface area contributed by atoms with Crippen LogP contribution in [0.25, 0.3) is 5.57 Å². The van der Waals surface area contributed by atoms with E-state index in [4.69, 9.17) is 9.47 Å². The molecule has 0 aliphatic rings. The zero-order valence-corrected chi connectivity index (χ0v) is 12.5. The van der Waals surface area contributed by atoms with Gasteiger partial charge in [0.15, 0.2) is 0 Å². The van der Waals surface area contributed by atoms with Gasteiger partial charge in [0.1, 0.15) is 5.57 Å². The van der Waals surface area contributed by atoms with Gasteiger partial charge in [-0.15, -0.1) is 0 Å². The lowest BCUT2D eigenvalue weighted by Gasteiger charge is -2.13. The monoisotopic (exact) mass is 285 g/mol. The molecule has 0 saturated heterocycles. The fourth-order valence-electron chi connectivity index (χ4n) is 2.22. The number of nitrogens with zero attached hydrogens (tertiary/aromatic N) is 1. The highest BCUT2D eigenvalue weighted by Crippen LogP contribution is 2.21. The van der Waals surface area contributed by atoms with Crippen molar-refractivity contribution in [3.05, 3.63) is 65.7 Å². The second-order valence-electron chi connectivity index (χ2n) is 4.69.